The molecule has 104 valence electrons. The van der Waals surface area contributed by atoms with E-state index in [1.54, 1.807) is 0 Å². The number of hydrogen-bond donors (Lipinski definition) is 1. The Balaban J connectivity index is 1.81. The Labute approximate surface area is 122 Å². The Morgan fingerprint density at radius 3 is 2.76 bits per heavy atom. The first kappa shape index (κ1) is 13.2. The van der Waals surface area contributed by atoms with Gasteiger partial charge in [0, 0.05) is 11.3 Å². The molecule has 1 N–H and O–H groups in total. The lowest BCUT2D eigenvalue weighted by Crippen LogP contribution is -2.23. The summed E-state index contributed by atoms with van der Waals surface area (Å²) in [5.74, 6) is -0.0944. The van der Waals surface area contributed by atoms with Crippen LogP contribution in [0.2, 0.25) is 0 Å². The molecule has 2 aromatic carbocycles. The van der Waals surface area contributed by atoms with E-state index in [0.717, 1.165) is 22.2 Å². The number of aromatic nitrogens is 2. The average Bonchev–Trinajstić information content (AvgIpc) is 2.52. The van der Waals surface area contributed by atoms with Crippen molar-refractivity contribution in [2.24, 2.45) is 0 Å². The summed E-state index contributed by atoms with van der Waals surface area (Å²) in [6.07, 6.45) is 1.51. The van der Waals surface area contributed by atoms with Gasteiger partial charge < -0.3 is 5.32 Å². The SMILES string of the molecule is Cc1cc(CNC(=O)c2cccc3ccccc23)ncn1. The fraction of sp³-hybridized carbons (Fsp3) is 0.118. The predicted molar refractivity (Wildman–Crippen MR) is 81.9 cm³/mol. The molecule has 0 saturated carbocycles. The Morgan fingerprint density at radius 1 is 1.10 bits per heavy atom. The molecule has 3 rings (SSSR count). The van der Waals surface area contributed by atoms with Crippen molar-refractivity contribution in [2.75, 3.05) is 0 Å². The van der Waals surface area contributed by atoms with Gasteiger partial charge in [-0.1, -0.05) is 36.4 Å². The number of benzene rings is 2. The van der Waals surface area contributed by atoms with Gasteiger partial charge in [-0.15, -0.1) is 0 Å². The summed E-state index contributed by atoms with van der Waals surface area (Å²) in [5.41, 5.74) is 2.37. The van der Waals surface area contributed by atoms with Crippen LogP contribution in [0.1, 0.15) is 21.7 Å². The molecule has 1 amide bonds. The van der Waals surface area contributed by atoms with Crippen LogP contribution in [0.5, 0.6) is 0 Å². The fourth-order valence-corrected chi connectivity index (χ4v) is 2.30. The molecule has 0 aliphatic rings. The van der Waals surface area contributed by atoms with Gasteiger partial charge in [0.1, 0.15) is 6.33 Å². The molecule has 0 spiro atoms. The van der Waals surface area contributed by atoms with E-state index in [2.05, 4.69) is 15.3 Å². The molecular formula is C17H15N3O. The average molecular weight is 277 g/mol. The van der Waals surface area contributed by atoms with Gasteiger partial charge in [0.15, 0.2) is 0 Å². The molecule has 4 nitrogen and oxygen atoms in total. The Bertz CT molecular complexity index is 793. The predicted octanol–water partition coefficient (Wildman–Crippen LogP) is 2.87. The molecule has 0 bridgehead atoms. The largest absolute Gasteiger partial charge is 0.346 e. The number of aryl methyl sites for hydroxylation is 1. The van der Waals surface area contributed by atoms with Crippen molar-refractivity contribution in [3.63, 3.8) is 0 Å². The molecule has 0 saturated heterocycles. The highest BCUT2D eigenvalue weighted by Gasteiger charge is 2.09. The second-order valence-corrected chi connectivity index (χ2v) is 4.86. The zero-order valence-corrected chi connectivity index (χ0v) is 11.7. The third-order valence-corrected chi connectivity index (χ3v) is 3.32. The molecule has 1 heterocycles. The van der Waals surface area contributed by atoms with Gasteiger partial charge in [0.05, 0.1) is 12.2 Å². The van der Waals surface area contributed by atoms with Crippen molar-refractivity contribution in [1.82, 2.24) is 15.3 Å². The molecule has 21 heavy (non-hydrogen) atoms. The Hall–Kier alpha value is -2.75. The van der Waals surface area contributed by atoms with Crippen molar-refractivity contribution in [3.8, 4) is 0 Å². The molecule has 3 aromatic rings. The third kappa shape index (κ3) is 2.89. The second-order valence-electron chi connectivity index (χ2n) is 4.86. The zero-order valence-electron chi connectivity index (χ0n) is 11.7. The maximum atomic E-state index is 12.4. The van der Waals surface area contributed by atoms with Crippen LogP contribution < -0.4 is 5.32 Å². The third-order valence-electron chi connectivity index (χ3n) is 3.32. The topological polar surface area (TPSA) is 54.9 Å². The first-order valence-corrected chi connectivity index (χ1v) is 6.77. The van der Waals surface area contributed by atoms with Crippen LogP contribution in [-0.2, 0) is 6.54 Å². The fourth-order valence-electron chi connectivity index (χ4n) is 2.30. The Morgan fingerprint density at radius 2 is 1.90 bits per heavy atom. The van der Waals surface area contributed by atoms with E-state index in [1.165, 1.54) is 6.33 Å². The van der Waals surface area contributed by atoms with Crippen LogP contribution in [0.4, 0.5) is 0 Å². The van der Waals surface area contributed by atoms with Gasteiger partial charge in [-0.05, 0) is 29.8 Å². The van der Waals surface area contributed by atoms with Gasteiger partial charge in [-0.3, -0.25) is 4.79 Å². The number of nitrogens with one attached hydrogen (secondary N) is 1. The van der Waals surface area contributed by atoms with E-state index in [0.29, 0.717) is 12.1 Å². The number of nitrogens with zero attached hydrogens (tertiary/aromatic N) is 2. The smallest absolute Gasteiger partial charge is 0.252 e. The van der Waals surface area contributed by atoms with Crippen molar-refractivity contribution >= 4 is 16.7 Å². The molecule has 4 heteroatoms. The molecule has 0 unspecified atom stereocenters. The molecule has 0 aliphatic carbocycles. The van der Waals surface area contributed by atoms with E-state index in [1.807, 2.05) is 55.5 Å². The van der Waals surface area contributed by atoms with Crippen LogP contribution in [0, 0.1) is 6.92 Å². The number of amides is 1. The van der Waals surface area contributed by atoms with Crippen LogP contribution in [0.3, 0.4) is 0 Å². The van der Waals surface area contributed by atoms with Crippen molar-refractivity contribution in [1.29, 1.82) is 0 Å². The van der Waals surface area contributed by atoms with Crippen LogP contribution in [0.15, 0.2) is 54.9 Å². The minimum atomic E-state index is -0.0944. The van der Waals surface area contributed by atoms with Gasteiger partial charge in [-0.25, -0.2) is 9.97 Å². The van der Waals surface area contributed by atoms with Crippen LogP contribution in [0.25, 0.3) is 10.8 Å². The molecular weight excluding hydrogens is 262 g/mol. The summed E-state index contributed by atoms with van der Waals surface area (Å²) in [6, 6.07) is 15.5. The van der Waals surface area contributed by atoms with Crippen LogP contribution in [-0.4, -0.2) is 15.9 Å². The van der Waals surface area contributed by atoms with E-state index < -0.39 is 0 Å². The highest BCUT2D eigenvalue weighted by molar-refractivity contribution is 6.06. The molecule has 0 fully saturated rings. The number of carbonyl (C=O) groups excluding carboxylic acids is 1. The molecule has 1 aromatic heterocycles. The monoisotopic (exact) mass is 277 g/mol. The van der Waals surface area contributed by atoms with E-state index in [9.17, 15) is 4.79 Å². The lowest BCUT2D eigenvalue weighted by atomic mass is 10.0. The second kappa shape index (κ2) is 5.71. The first-order chi connectivity index (χ1) is 10.2. The van der Waals surface area contributed by atoms with Gasteiger partial charge >= 0.3 is 0 Å². The summed E-state index contributed by atoms with van der Waals surface area (Å²) in [4.78, 5) is 20.5. The molecule has 0 radical (unpaired) electrons. The van der Waals surface area contributed by atoms with Crippen molar-refractivity contribution < 1.29 is 4.79 Å². The van der Waals surface area contributed by atoms with Gasteiger partial charge in [0.2, 0.25) is 0 Å². The minimum Gasteiger partial charge on any atom is -0.346 e. The number of carbonyl (C=O) groups is 1. The van der Waals surface area contributed by atoms with Gasteiger partial charge in [-0.2, -0.15) is 0 Å². The highest BCUT2D eigenvalue weighted by Crippen LogP contribution is 2.18. The number of rotatable bonds is 3. The standard InChI is InChI=1S/C17H15N3O/c1-12-9-14(20-11-19-12)10-18-17(21)16-8-4-6-13-5-2-3-7-15(13)16/h2-9,11H,10H2,1H3,(H,18,21). The van der Waals surface area contributed by atoms with E-state index in [-0.39, 0.29) is 5.91 Å². The summed E-state index contributed by atoms with van der Waals surface area (Å²) < 4.78 is 0. The summed E-state index contributed by atoms with van der Waals surface area (Å²) in [6.45, 7) is 2.29. The minimum absolute atomic E-state index is 0.0944. The first-order valence-electron chi connectivity index (χ1n) is 6.77. The van der Waals surface area contributed by atoms with E-state index >= 15 is 0 Å². The molecule has 0 atom stereocenters. The van der Waals surface area contributed by atoms with Gasteiger partial charge in [0.25, 0.3) is 5.91 Å². The van der Waals surface area contributed by atoms with Crippen LogP contribution >= 0.6 is 0 Å². The summed E-state index contributed by atoms with van der Waals surface area (Å²) >= 11 is 0. The summed E-state index contributed by atoms with van der Waals surface area (Å²) in [7, 11) is 0. The summed E-state index contributed by atoms with van der Waals surface area (Å²) in [5, 5.41) is 4.92. The quantitative estimate of drug-likeness (QED) is 0.801. The lowest BCUT2D eigenvalue weighted by Gasteiger charge is -2.08. The number of fused-ring (bicyclic) bond motifs is 1. The van der Waals surface area contributed by atoms with E-state index in [4.69, 9.17) is 0 Å². The normalized spacial score (nSPS) is 10.5. The maximum Gasteiger partial charge on any atom is 0.252 e. The zero-order chi connectivity index (χ0) is 14.7. The van der Waals surface area contributed by atoms with Crippen molar-refractivity contribution in [2.45, 2.75) is 13.5 Å². The molecule has 0 aliphatic heterocycles. The van der Waals surface area contributed by atoms with Crippen molar-refractivity contribution in [3.05, 3.63) is 71.8 Å². The number of hydrogen-bond acceptors (Lipinski definition) is 3. The highest BCUT2D eigenvalue weighted by atomic mass is 16.1. The maximum absolute atomic E-state index is 12.4. The lowest BCUT2D eigenvalue weighted by molar-refractivity contribution is 0.0952. The Kier molecular flexibility index (Phi) is 3.60.